The van der Waals surface area contributed by atoms with Crippen molar-refractivity contribution in [3.63, 3.8) is 0 Å². The summed E-state index contributed by atoms with van der Waals surface area (Å²) in [6.07, 6.45) is 6.53. The van der Waals surface area contributed by atoms with Gasteiger partial charge in [0, 0.05) is 31.1 Å². The van der Waals surface area contributed by atoms with Gasteiger partial charge in [0.2, 0.25) is 5.91 Å². The van der Waals surface area contributed by atoms with E-state index in [1.165, 1.54) is 12.8 Å². The molecule has 120 valence electrons. The van der Waals surface area contributed by atoms with Crippen molar-refractivity contribution in [3.8, 4) is 0 Å². The molecule has 1 amide bonds. The summed E-state index contributed by atoms with van der Waals surface area (Å²) in [7, 11) is 0. The van der Waals surface area contributed by atoms with Crippen LogP contribution in [-0.2, 0) is 4.79 Å². The van der Waals surface area contributed by atoms with E-state index in [1.54, 1.807) is 6.07 Å². The van der Waals surface area contributed by atoms with Gasteiger partial charge in [-0.1, -0.05) is 24.4 Å². The average Bonchev–Trinajstić information content (AvgIpc) is 2.99. The third-order valence-electron chi connectivity index (χ3n) is 4.68. The Morgan fingerprint density at radius 1 is 1.23 bits per heavy atom. The number of rotatable bonds is 3. The van der Waals surface area contributed by atoms with Gasteiger partial charge in [-0.2, -0.15) is 0 Å². The molecule has 0 radical (unpaired) electrons. The Morgan fingerprint density at radius 2 is 1.91 bits per heavy atom. The summed E-state index contributed by atoms with van der Waals surface area (Å²) in [4.78, 5) is 23.1. The highest BCUT2D eigenvalue weighted by atomic mass is 35.5. The lowest BCUT2D eigenvalue weighted by molar-refractivity contribution is -0.126. The molecule has 1 saturated carbocycles. The van der Waals surface area contributed by atoms with Crippen molar-refractivity contribution in [2.75, 3.05) is 18.0 Å². The fraction of sp³-hybridized carbons (Fsp3) is 0.688. The van der Waals surface area contributed by atoms with E-state index in [2.05, 4.69) is 20.2 Å². The Hall–Kier alpha value is -1.36. The first kappa shape index (κ1) is 15.5. The second-order valence-electron chi connectivity index (χ2n) is 6.35. The fourth-order valence-corrected chi connectivity index (χ4v) is 3.66. The summed E-state index contributed by atoms with van der Waals surface area (Å²) in [6, 6.07) is 2.21. The normalized spacial score (nSPS) is 20.4. The van der Waals surface area contributed by atoms with Crippen molar-refractivity contribution in [3.05, 3.63) is 17.0 Å². The summed E-state index contributed by atoms with van der Waals surface area (Å²) in [5.41, 5.74) is 0. The lowest BCUT2D eigenvalue weighted by atomic mass is 9.95. The third-order valence-corrected chi connectivity index (χ3v) is 4.88. The Labute approximate surface area is 136 Å². The second kappa shape index (κ2) is 6.82. The molecule has 0 spiro atoms. The lowest BCUT2D eigenvalue weighted by Crippen LogP contribution is -2.43. The molecule has 1 saturated heterocycles. The minimum Gasteiger partial charge on any atom is -0.356 e. The number of aromatic nitrogens is 2. The van der Waals surface area contributed by atoms with Crippen LogP contribution in [0.2, 0.25) is 5.15 Å². The van der Waals surface area contributed by atoms with Gasteiger partial charge in [-0.3, -0.25) is 4.79 Å². The number of hydrogen-bond acceptors (Lipinski definition) is 4. The Bertz CT molecular complexity index is 517. The zero-order valence-electron chi connectivity index (χ0n) is 13.0. The van der Waals surface area contributed by atoms with Crippen molar-refractivity contribution >= 4 is 23.3 Å². The molecule has 0 aromatic carbocycles. The summed E-state index contributed by atoms with van der Waals surface area (Å²) in [5, 5.41) is 3.69. The molecule has 1 aromatic rings. The molecular weight excluding hydrogens is 300 g/mol. The number of piperidine rings is 1. The predicted molar refractivity (Wildman–Crippen MR) is 87.1 cm³/mol. The molecule has 0 bridgehead atoms. The zero-order chi connectivity index (χ0) is 15.5. The molecule has 1 aliphatic heterocycles. The Balaban J connectivity index is 1.54. The zero-order valence-corrected chi connectivity index (χ0v) is 13.8. The van der Waals surface area contributed by atoms with Gasteiger partial charge in [0.05, 0.1) is 0 Å². The molecule has 1 aromatic heterocycles. The molecule has 2 heterocycles. The van der Waals surface area contributed by atoms with Crippen molar-refractivity contribution in [1.82, 2.24) is 15.3 Å². The van der Waals surface area contributed by atoms with Gasteiger partial charge in [-0.25, -0.2) is 9.97 Å². The van der Waals surface area contributed by atoms with E-state index in [4.69, 9.17) is 11.6 Å². The predicted octanol–water partition coefficient (Wildman–Crippen LogP) is 2.71. The van der Waals surface area contributed by atoms with E-state index in [1.807, 2.05) is 6.92 Å². The standard InChI is InChI=1S/C16H23ClN4O/c1-11-18-14(17)10-15(19-11)21-8-6-12(7-9-21)16(22)20-13-4-2-3-5-13/h10,12-13H,2-9H2,1H3,(H,20,22). The number of nitrogens with zero attached hydrogens (tertiary/aromatic N) is 3. The molecule has 1 N–H and O–H groups in total. The van der Waals surface area contributed by atoms with E-state index in [0.717, 1.165) is 44.6 Å². The quantitative estimate of drug-likeness (QED) is 0.869. The highest BCUT2D eigenvalue weighted by Crippen LogP contribution is 2.25. The largest absolute Gasteiger partial charge is 0.356 e. The molecule has 22 heavy (non-hydrogen) atoms. The maximum Gasteiger partial charge on any atom is 0.223 e. The Kier molecular flexibility index (Phi) is 4.81. The average molecular weight is 323 g/mol. The van der Waals surface area contributed by atoms with E-state index in [-0.39, 0.29) is 11.8 Å². The first-order valence-corrected chi connectivity index (χ1v) is 8.56. The van der Waals surface area contributed by atoms with Crippen molar-refractivity contribution in [1.29, 1.82) is 0 Å². The molecule has 2 aliphatic rings. The van der Waals surface area contributed by atoms with Crippen LogP contribution in [0.5, 0.6) is 0 Å². The lowest BCUT2D eigenvalue weighted by Gasteiger charge is -2.32. The number of carbonyl (C=O) groups is 1. The van der Waals surface area contributed by atoms with Crippen LogP contribution in [0.25, 0.3) is 0 Å². The maximum atomic E-state index is 12.3. The minimum absolute atomic E-state index is 0.134. The van der Waals surface area contributed by atoms with E-state index < -0.39 is 0 Å². The molecular formula is C16H23ClN4O. The number of carbonyl (C=O) groups excluding carboxylic acids is 1. The summed E-state index contributed by atoms with van der Waals surface area (Å²) < 4.78 is 0. The van der Waals surface area contributed by atoms with Gasteiger partial charge in [0.15, 0.2) is 0 Å². The number of anilines is 1. The maximum absolute atomic E-state index is 12.3. The van der Waals surface area contributed by atoms with Crippen LogP contribution in [0.1, 0.15) is 44.3 Å². The topological polar surface area (TPSA) is 58.1 Å². The van der Waals surface area contributed by atoms with Crippen molar-refractivity contribution in [2.45, 2.75) is 51.5 Å². The fourth-order valence-electron chi connectivity index (χ4n) is 3.44. The summed E-state index contributed by atoms with van der Waals surface area (Å²) in [6.45, 7) is 3.53. The number of aryl methyl sites for hydroxylation is 1. The van der Waals surface area contributed by atoms with E-state index >= 15 is 0 Å². The van der Waals surface area contributed by atoms with Crippen molar-refractivity contribution in [2.24, 2.45) is 5.92 Å². The van der Waals surface area contributed by atoms with Crippen LogP contribution in [0.15, 0.2) is 6.07 Å². The minimum atomic E-state index is 0.134. The van der Waals surface area contributed by atoms with Crippen LogP contribution >= 0.6 is 11.6 Å². The van der Waals surface area contributed by atoms with Gasteiger partial charge < -0.3 is 10.2 Å². The summed E-state index contributed by atoms with van der Waals surface area (Å²) in [5.74, 6) is 1.93. The molecule has 3 rings (SSSR count). The number of halogens is 1. The van der Waals surface area contributed by atoms with E-state index in [9.17, 15) is 4.79 Å². The van der Waals surface area contributed by atoms with Gasteiger partial charge >= 0.3 is 0 Å². The first-order valence-electron chi connectivity index (χ1n) is 8.18. The van der Waals surface area contributed by atoms with Crippen LogP contribution in [0, 0.1) is 12.8 Å². The van der Waals surface area contributed by atoms with Crippen LogP contribution in [0.3, 0.4) is 0 Å². The van der Waals surface area contributed by atoms with E-state index in [0.29, 0.717) is 17.0 Å². The molecule has 0 unspecified atom stereocenters. The van der Waals surface area contributed by atoms with Crippen molar-refractivity contribution < 1.29 is 4.79 Å². The van der Waals surface area contributed by atoms with Crippen LogP contribution < -0.4 is 10.2 Å². The monoisotopic (exact) mass is 322 g/mol. The Morgan fingerprint density at radius 3 is 2.55 bits per heavy atom. The van der Waals surface area contributed by atoms with Gasteiger partial charge in [-0.15, -0.1) is 0 Å². The third kappa shape index (κ3) is 3.69. The van der Waals surface area contributed by atoms with Gasteiger partial charge in [0.25, 0.3) is 0 Å². The molecule has 5 nitrogen and oxygen atoms in total. The molecule has 1 aliphatic carbocycles. The number of nitrogens with one attached hydrogen (secondary N) is 1. The highest BCUT2D eigenvalue weighted by molar-refractivity contribution is 6.29. The number of hydrogen-bond donors (Lipinski definition) is 1. The SMILES string of the molecule is Cc1nc(Cl)cc(N2CCC(C(=O)NC3CCCC3)CC2)n1. The molecule has 0 atom stereocenters. The van der Waals surface area contributed by atoms with Crippen LogP contribution in [-0.4, -0.2) is 35.0 Å². The molecule has 6 heteroatoms. The number of amides is 1. The van der Waals surface area contributed by atoms with Gasteiger partial charge in [-0.05, 0) is 32.6 Å². The van der Waals surface area contributed by atoms with Gasteiger partial charge in [0.1, 0.15) is 16.8 Å². The second-order valence-corrected chi connectivity index (χ2v) is 6.73. The highest BCUT2D eigenvalue weighted by Gasteiger charge is 2.28. The first-order chi connectivity index (χ1) is 10.6. The summed E-state index contributed by atoms with van der Waals surface area (Å²) >= 11 is 6.00. The van der Waals surface area contributed by atoms with Crippen LogP contribution in [0.4, 0.5) is 5.82 Å². The molecule has 2 fully saturated rings. The smallest absolute Gasteiger partial charge is 0.223 e.